The van der Waals surface area contributed by atoms with E-state index in [9.17, 15) is 0 Å². The van der Waals surface area contributed by atoms with Crippen LogP contribution in [-0.2, 0) is 0 Å². The molecule has 1 aliphatic rings. The smallest absolute Gasteiger partial charge is 0.225 e. The summed E-state index contributed by atoms with van der Waals surface area (Å²) in [6.07, 6.45) is 1.82. The fourth-order valence-electron chi connectivity index (χ4n) is 1.94. The normalized spacial score (nSPS) is 17.2. The van der Waals surface area contributed by atoms with E-state index < -0.39 is 0 Å². The van der Waals surface area contributed by atoms with E-state index in [0.29, 0.717) is 0 Å². The zero-order chi connectivity index (χ0) is 12.3. The van der Waals surface area contributed by atoms with Gasteiger partial charge in [-0.3, -0.25) is 4.90 Å². The average molecular weight is 297 g/mol. The van der Waals surface area contributed by atoms with Crippen LogP contribution in [0.15, 0.2) is 23.3 Å². The molecule has 1 aliphatic heterocycles. The molecule has 4 nitrogen and oxygen atoms in total. The lowest BCUT2D eigenvalue weighted by Gasteiger charge is -2.34. The molecule has 1 fully saturated rings. The number of hydrogen-bond acceptors (Lipinski definition) is 4. The van der Waals surface area contributed by atoms with Crippen LogP contribution in [0.5, 0.6) is 0 Å². The number of aryl methyl sites for hydroxylation is 1. The molecule has 0 radical (unpaired) electrons. The molecule has 0 aromatic carbocycles. The average Bonchev–Trinajstić information content (AvgIpc) is 2.29. The van der Waals surface area contributed by atoms with Gasteiger partial charge in [0, 0.05) is 49.1 Å². The summed E-state index contributed by atoms with van der Waals surface area (Å²) in [5.41, 5.74) is 1.02. The molecule has 0 aliphatic carbocycles. The molecule has 0 saturated carbocycles. The number of aromatic nitrogens is 2. The van der Waals surface area contributed by atoms with Crippen molar-refractivity contribution in [3.8, 4) is 0 Å². The molecule has 0 spiro atoms. The van der Waals surface area contributed by atoms with Gasteiger partial charge >= 0.3 is 0 Å². The molecular formula is C12H17BrN4. The van der Waals surface area contributed by atoms with Gasteiger partial charge in [0.1, 0.15) is 0 Å². The van der Waals surface area contributed by atoms with E-state index in [1.807, 2.05) is 19.2 Å². The maximum atomic E-state index is 4.45. The summed E-state index contributed by atoms with van der Waals surface area (Å²) in [4.78, 5) is 13.4. The number of piperazine rings is 1. The largest absolute Gasteiger partial charge is 0.338 e. The van der Waals surface area contributed by atoms with Gasteiger partial charge in [0.05, 0.1) is 0 Å². The van der Waals surface area contributed by atoms with Crippen LogP contribution < -0.4 is 4.90 Å². The van der Waals surface area contributed by atoms with Crippen molar-refractivity contribution in [1.29, 1.82) is 0 Å². The number of hydrogen-bond donors (Lipinski definition) is 0. The van der Waals surface area contributed by atoms with Gasteiger partial charge in [-0.05, 0) is 13.0 Å². The Labute approximate surface area is 110 Å². The van der Waals surface area contributed by atoms with Crippen LogP contribution >= 0.6 is 15.9 Å². The van der Waals surface area contributed by atoms with Crippen molar-refractivity contribution in [1.82, 2.24) is 14.9 Å². The Morgan fingerprint density at radius 3 is 2.71 bits per heavy atom. The highest BCUT2D eigenvalue weighted by Crippen LogP contribution is 2.12. The van der Waals surface area contributed by atoms with Crippen molar-refractivity contribution in [3.05, 3.63) is 29.0 Å². The molecule has 0 amide bonds. The minimum absolute atomic E-state index is 0.849. The van der Waals surface area contributed by atoms with E-state index >= 15 is 0 Å². The van der Waals surface area contributed by atoms with Crippen LogP contribution in [0.4, 0.5) is 5.95 Å². The summed E-state index contributed by atoms with van der Waals surface area (Å²) in [5.74, 6) is 0.849. The fourth-order valence-corrected chi connectivity index (χ4v) is 2.29. The van der Waals surface area contributed by atoms with E-state index in [0.717, 1.165) is 48.8 Å². The number of rotatable bonds is 3. The van der Waals surface area contributed by atoms with Crippen molar-refractivity contribution < 1.29 is 0 Å². The standard InChI is InChI=1S/C12H17BrN4/c1-10(13)9-16-5-7-17(8-6-16)12-14-4-3-11(2)15-12/h3-4H,1,5-9H2,2H3. The third-order valence-corrected chi connectivity index (χ3v) is 3.08. The predicted octanol–water partition coefficient (Wildman–Crippen LogP) is 1.82. The number of anilines is 1. The minimum Gasteiger partial charge on any atom is -0.338 e. The molecule has 17 heavy (non-hydrogen) atoms. The van der Waals surface area contributed by atoms with Gasteiger partial charge < -0.3 is 4.90 Å². The molecule has 1 saturated heterocycles. The van der Waals surface area contributed by atoms with Crippen LogP contribution in [0, 0.1) is 6.92 Å². The van der Waals surface area contributed by atoms with Crippen LogP contribution in [0.1, 0.15) is 5.69 Å². The Kier molecular flexibility index (Phi) is 4.12. The molecule has 0 bridgehead atoms. The first-order valence-electron chi connectivity index (χ1n) is 5.75. The van der Waals surface area contributed by atoms with Crippen molar-refractivity contribution >= 4 is 21.9 Å². The fraction of sp³-hybridized carbons (Fsp3) is 0.500. The van der Waals surface area contributed by atoms with E-state index in [-0.39, 0.29) is 0 Å². The van der Waals surface area contributed by atoms with Gasteiger partial charge in [-0.2, -0.15) is 0 Å². The van der Waals surface area contributed by atoms with Crippen LogP contribution in [0.3, 0.4) is 0 Å². The number of halogens is 1. The summed E-state index contributed by atoms with van der Waals surface area (Å²) >= 11 is 3.41. The summed E-state index contributed by atoms with van der Waals surface area (Å²) in [6, 6.07) is 1.93. The second kappa shape index (κ2) is 5.60. The van der Waals surface area contributed by atoms with Crippen LogP contribution in [0.2, 0.25) is 0 Å². The lowest BCUT2D eigenvalue weighted by molar-refractivity contribution is 0.281. The van der Waals surface area contributed by atoms with Crippen molar-refractivity contribution in [2.45, 2.75) is 6.92 Å². The molecule has 2 rings (SSSR count). The first-order chi connectivity index (χ1) is 8.15. The van der Waals surface area contributed by atoms with Gasteiger partial charge in [0.2, 0.25) is 5.95 Å². The zero-order valence-electron chi connectivity index (χ0n) is 10.1. The molecule has 1 aromatic heterocycles. The quantitative estimate of drug-likeness (QED) is 0.852. The highest BCUT2D eigenvalue weighted by atomic mass is 79.9. The van der Waals surface area contributed by atoms with Crippen molar-refractivity contribution in [2.75, 3.05) is 37.6 Å². The van der Waals surface area contributed by atoms with E-state index in [2.05, 4.69) is 42.3 Å². The molecule has 5 heteroatoms. The monoisotopic (exact) mass is 296 g/mol. The molecule has 2 heterocycles. The molecule has 92 valence electrons. The van der Waals surface area contributed by atoms with Gasteiger partial charge in [-0.15, -0.1) is 0 Å². The zero-order valence-corrected chi connectivity index (χ0v) is 11.7. The lowest BCUT2D eigenvalue weighted by atomic mass is 10.3. The third kappa shape index (κ3) is 3.51. The van der Waals surface area contributed by atoms with E-state index in [1.165, 1.54) is 0 Å². The SMILES string of the molecule is C=C(Br)CN1CCN(c2nccc(C)n2)CC1. The predicted molar refractivity (Wildman–Crippen MR) is 73.5 cm³/mol. The summed E-state index contributed by atoms with van der Waals surface area (Å²) in [5, 5.41) is 0. The minimum atomic E-state index is 0.849. The highest BCUT2D eigenvalue weighted by molar-refractivity contribution is 9.11. The molecule has 1 aromatic rings. The van der Waals surface area contributed by atoms with Gasteiger partial charge in [-0.25, -0.2) is 9.97 Å². The second-order valence-corrected chi connectivity index (χ2v) is 5.40. The topological polar surface area (TPSA) is 32.3 Å². The van der Waals surface area contributed by atoms with Crippen LogP contribution in [-0.4, -0.2) is 47.6 Å². The van der Waals surface area contributed by atoms with Crippen LogP contribution in [0.25, 0.3) is 0 Å². The van der Waals surface area contributed by atoms with E-state index in [1.54, 1.807) is 0 Å². The Hall–Kier alpha value is -0.940. The van der Waals surface area contributed by atoms with Crippen molar-refractivity contribution in [2.24, 2.45) is 0 Å². The summed E-state index contributed by atoms with van der Waals surface area (Å²) in [7, 11) is 0. The molecule has 0 unspecified atom stereocenters. The maximum absolute atomic E-state index is 4.45. The molecule has 0 atom stereocenters. The first kappa shape index (κ1) is 12.5. The summed E-state index contributed by atoms with van der Waals surface area (Å²) < 4.78 is 1.04. The number of nitrogens with zero attached hydrogens (tertiary/aromatic N) is 4. The maximum Gasteiger partial charge on any atom is 0.225 e. The second-order valence-electron chi connectivity index (χ2n) is 4.28. The molecule has 0 N–H and O–H groups in total. The Morgan fingerprint density at radius 1 is 1.41 bits per heavy atom. The van der Waals surface area contributed by atoms with Gasteiger partial charge in [0.25, 0.3) is 0 Å². The highest BCUT2D eigenvalue weighted by Gasteiger charge is 2.18. The molecular weight excluding hydrogens is 280 g/mol. The summed E-state index contributed by atoms with van der Waals surface area (Å²) in [6.45, 7) is 10.8. The van der Waals surface area contributed by atoms with Gasteiger partial charge in [-0.1, -0.05) is 22.5 Å². The van der Waals surface area contributed by atoms with Crippen molar-refractivity contribution in [3.63, 3.8) is 0 Å². The Bertz CT molecular complexity index is 399. The third-order valence-electron chi connectivity index (χ3n) is 2.83. The lowest BCUT2D eigenvalue weighted by Crippen LogP contribution is -2.47. The first-order valence-corrected chi connectivity index (χ1v) is 6.54. The Balaban J connectivity index is 1.93. The van der Waals surface area contributed by atoms with E-state index in [4.69, 9.17) is 0 Å². The van der Waals surface area contributed by atoms with Gasteiger partial charge in [0.15, 0.2) is 0 Å². The Morgan fingerprint density at radius 2 is 2.12 bits per heavy atom.